The van der Waals surface area contributed by atoms with E-state index in [0.29, 0.717) is 5.41 Å². The second-order valence-electron chi connectivity index (χ2n) is 7.53. The first-order valence-electron chi connectivity index (χ1n) is 8.36. The molecular formula is C18H32N2S. The second kappa shape index (κ2) is 6.80. The summed E-state index contributed by atoms with van der Waals surface area (Å²) in [6, 6.07) is 2.23. The highest BCUT2D eigenvalue weighted by molar-refractivity contribution is 7.07. The van der Waals surface area contributed by atoms with E-state index in [2.05, 4.69) is 49.5 Å². The summed E-state index contributed by atoms with van der Waals surface area (Å²) in [5.41, 5.74) is 8.33. The molecule has 2 nitrogen and oxygen atoms in total. The van der Waals surface area contributed by atoms with Crippen LogP contribution in [0.1, 0.15) is 58.4 Å². The molecule has 1 fully saturated rings. The summed E-state index contributed by atoms with van der Waals surface area (Å²) in [6.07, 6.45) is 6.42. The Morgan fingerprint density at radius 3 is 2.52 bits per heavy atom. The topological polar surface area (TPSA) is 29.3 Å². The average molecular weight is 309 g/mol. The monoisotopic (exact) mass is 308 g/mol. The van der Waals surface area contributed by atoms with Crippen LogP contribution in [0.3, 0.4) is 0 Å². The van der Waals surface area contributed by atoms with E-state index in [1.807, 2.05) is 0 Å². The molecule has 0 unspecified atom stereocenters. The zero-order chi connectivity index (χ0) is 15.5. The van der Waals surface area contributed by atoms with Crippen LogP contribution in [0.2, 0.25) is 0 Å². The minimum Gasteiger partial charge on any atom is -0.329 e. The van der Waals surface area contributed by atoms with Crippen LogP contribution in [0.15, 0.2) is 16.8 Å². The molecule has 1 heterocycles. The summed E-state index contributed by atoms with van der Waals surface area (Å²) in [7, 11) is 2.26. The predicted molar refractivity (Wildman–Crippen MR) is 93.6 cm³/mol. The molecule has 1 aromatic heterocycles. The molecule has 1 saturated carbocycles. The van der Waals surface area contributed by atoms with Crippen molar-refractivity contribution in [3.8, 4) is 0 Å². The van der Waals surface area contributed by atoms with Crippen LogP contribution in [0, 0.1) is 11.3 Å². The molecule has 21 heavy (non-hydrogen) atoms. The molecule has 1 aromatic rings. The predicted octanol–water partition coefficient (Wildman–Crippen LogP) is 4.50. The lowest BCUT2D eigenvalue weighted by Crippen LogP contribution is -2.54. The second-order valence-corrected chi connectivity index (χ2v) is 8.31. The fourth-order valence-electron chi connectivity index (χ4n) is 3.79. The third kappa shape index (κ3) is 3.69. The van der Waals surface area contributed by atoms with Crippen molar-refractivity contribution in [2.24, 2.45) is 17.1 Å². The third-order valence-electron chi connectivity index (χ3n) is 6.12. The van der Waals surface area contributed by atoms with Gasteiger partial charge in [0.1, 0.15) is 0 Å². The third-order valence-corrected chi connectivity index (χ3v) is 6.85. The summed E-state index contributed by atoms with van der Waals surface area (Å²) in [5.74, 6) is 0.858. The number of hydrogen-bond donors (Lipinski definition) is 1. The first kappa shape index (κ1) is 17.0. The normalized spacial score (nSPS) is 27.2. The van der Waals surface area contributed by atoms with Gasteiger partial charge in [-0.2, -0.15) is 11.3 Å². The van der Waals surface area contributed by atoms with Gasteiger partial charge in [0.15, 0.2) is 0 Å². The SMILES string of the molecule is CCC(C)(C)C1CCC(CN)(N(C)Cc2ccsc2)CC1. The molecule has 3 heteroatoms. The fourth-order valence-corrected chi connectivity index (χ4v) is 4.45. The van der Waals surface area contributed by atoms with Crippen molar-refractivity contribution in [3.63, 3.8) is 0 Å². The maximum absolute atomic E-state index is 6.22. The van der Waals surface area contributed by atoms with Crippen LogP contribution in [0.5, 0.6) is 0 Å². The Balaban J connectivity index is 2.00. The molecule has 120 valence electrons. The summed E-state index contributed by atoms with van der Waals surface area (Å²) >= 11 is 1.78. The zero-order valence-corrected chi connectivity index (χ0v) is 15.0. The van der Waals surface area contributed by atoms with E-state index < -0.39 is 0 Å². The molecule has 0 radical (unpaired) electrons. The van der Waals surface area contributed by atoms with Crippen molar-refractivity contribution >= 4 is 11.3 Å². The molecule has 1 aliphatic rings. The molecule has 0 spiro atoms. The first-order valence-corrected chi connectivity index (χ1v) is 9.30. The minimum atomic E-state index is 0.211. The van der Waals surface area contributed by atoms with Gasteiger partial charge >= 0.3 is 0 Å². The molecule has 2 rings (SSSR count). The van der Waals surface area contributed by atoms with Crippen molar-refractivity contribution in [2.75, 3.05) is 13.6 Å². The van der Waals surface area contributed by atoms with E-state index in [0.717, 1.165) is 19.0 Å². The Bertz CT molecular complexity index is 416. The summed E-state index contributed by atoms with van der Waals surface area (Å²) in [5, 5.41) is 4.42. The largest absolute Gasteiger partial charge is 0.329 e. The molecular weight excluding hydrogens is 276 g/mol. The van der Waals surface area contributed by atoms with Gasteiger partial charge in [0.25, 0.3) is 0 Å². The summed E-state index contributed by atoms with van der Waals surface area (Å²) in [6.45, 7) is 9.01. The average Bonchev–Trinajstić information content (AvgIpc) is 3.00. The van der Waals surface area contributed by atoms with Crippen molar-refractivity contribution in [1.82, 2.24) is 4.90 Å². The molecule has 2 N–H and O–H groups in total. The maximum atomic E-state index is 6.22. The van der Waals surface area contributed by atoms with Crippen LogP contribution in [-0.4, -0.2) is 24.0 Å². The van der Waals surface area contributed by atoms with Gasteiger partial charge in [-0.25, -0.2) is 0 Å². The molecule has 0 aliphatic heterocycles. The van der Waals surface area contributed by atoms with Gasteiger partial charge in [-0.1, -0.05) is 27.2 Å². The number of likely N-dealkylation sites (N-methyl/N-ethyl adjacent to an activating group) is 1. The zero-order valence-electron chi connectivity index (χ0n) is 14.2. The molecule has 0 bridgehead atoms. The standard InChI is InChI=1S/C18H32N2S/c1-5-17(2,3)16-6-9-18(14-19,10-7-16)20(4)12-15-8-11-21-13-15/h8,11,13,16H,5-7,9-10,12,14,19H2,1-4H3. The fraction of sp³-hybridized carbons (Fsp3) is 0.778. The van der Waals surface area contributed by atoms with Crippen molar-refractivity contribution in [2.45, 2.75) is 65.0 Å². The highest BCUT2D eigenvalue weighted by Gasteiger charge is 2.41. The molecule has 0 saturated heterocycles. The maximum Gasteiger partial charge on any atom is 0.0332 e. The number of nitrogens with two attached hydrogens (primary N) is 1. The minimum absolute atomic E-state index is 0.211. The van der Waals surface area contributed by atoms with Crippen molar-refractivity contribution in [3.05, 3.63) is 22.4 Å². The van der Waals surface area contributed by atoms with Crippen molar-refractivity contribution in [1.29, 1.82) is 0 Å². The van der Waals surface area contributed by atoms with Gasteiger partial charge in [0.2, 0.25) is 0 Å². The summed E-state index contributed by atoms with van der Waals surface area (Å²) < 4.78 is 0. The lowest BCUT2D eigenvalue weighted by atomic mass is 9.65. The highest BCUT2D eigenvalue weighted by Crippen LogP contribution is 2.45. The highest BCUT2D eigenvalue weighted by atomic mass is 32.1. The van der Waals surface area contributed by atoms with E-state index in [9.17, 15) is 0 Å². The van der Waals surface area contributed by atoms with Gasteiger partial charge in [-0.15, -0.1) is 0 Å². The van der Waals surface area contributed by atoms with Gasteiger partial charge in [0, 0.05) is 18.6 Å². The smallest absolute Gasteiger partial charge is 0.0332 e. The number of rotatable bonds is 6. The van der Waals surface area contributed by atoms with E-state index in [-0.39, 0.29) is 5.54 Å². The summed E-state index contributed by atoms with van der Waals surface area (Å²) in [4.78, 5) is 2.52. The molecule has 1 aliphatic carbocycles. The number of nitrogens with zero attached hydrogens (tertiary/aromatic N) is 1. The molecule has 0 amide bonds. The van der Waals surface area contributed by atoms with E-state index >= 15 is 0 Å². The van der Waals surface area contributed by atoms with E-state index in [4.69, 9.17) is 5.73 Å². The van der Waals surface area contributed by atoms with Crippen molar-refractivity contribution < 1.29 is 0 Å². The van der Waals surface area contributed by atoms with Crippen LogP contribution in [0.4, 0.5) is 0 Å². The van der Waals surface area contributed by atoms with Crippen LogP contribution >= 0.6 is 11.3 Å². The molecule has 0 aromatic carbocycles. The van der Waals surface area contributed by atoms with Gasteiger partial charge in [-0.05, 0) is 66.5 Å². The van der Waals surface area contributed by atoms with Crippen LogP contribution < -0.4 is 5.73 Å². The van der Waals surface area contributed by atoms with Gasteiger partial charge in [-0.3, -0.25) is 4.90 Å². The van der Waals surface area contributed by atoms with E-state index in [1.54, 1.807) is 11.3 Å². The Morgan fingerprint density at radius 1 is 1.38 bits per heavy atom. The van der Waals surface area contributed by atoms with Gasteiger partial charge in [0.05, 0.1) is 0 Å². The van der Waals surface area contributed by atoms with Crippen LogP contribution in [0.25, 0.3) is 0 Å². The molecule has 0 atom stereocenters. The quantitative estimate of drug-likeness (QED) is 0.838. The number of hydrogen-bond acceptors (Lipinski definition) is 3. The van der Waals surface area contributed by atoms with E-state index in [1.165, 1.54) is 37.7 Å². The Morgan fingerprint density at radius 2 is 2.05 bits per heavy atom. The van der Waals surface area contributed by atoms with Gasteiger partial charge < -0.3 is 5.73 Å². The lowest BCUT2D eigenvalue weighted by molar-refractivity contribution is 0.0279. The lowest BCUT2D eigenvalue weighted by Gasteiger charge is -2.49. The Hall–Kier alpha value is -0.380. The number of thiophene rings is 1. The Kier molecular flexibility index (Phi) is 5.50. The van der Waals surface area contributed by atoms with Crippen LogP contribution in [-0.2, 0) is 6.54 Å². The first-order chi connectivity index (χ1) is 9.93. The Labute approximate surface area is 134 Å².